The molecule has 2 N–H and O–H groups in total. The summed E-state index contributed by atoms with van der Waals surface area (Å²) in [6.07, 6.45) is 1.03. The summed E-state index contributed by atoms with van der Waals surface area (Å²) < 4.78 is 4.80. The molecule has 0 atom stereocenters. The van der Waals surface area contributed by atoms with Crippen LogP contribution in [0.3, 0.4) is 0 Å². The largest absolute Gasteiger partial charge is 0.507 e. The van der Waals surface area contributed by atoms with Crippen molar-refractivity contribution in [3.63, 3.8) is 0 Å². The highest BCUT2D eigenvalue weighted by Gasteiger charge is 2.26. The van der Waals surface area contributed by atoms with Crippen LogP contribution in [0.2, 0.25) is 0 Å². The third kappa shape index (κ3) is 2.20. The van der Waals surface area contributed by atoms with Crippen molar-refractivity contribution < 1.29 is 19.1 Å². The molecular weight excluding hydrogens is 286 g/mol. The van der Waals surface area contributed by atoms with Crippen LogP contribution >= 0.6 is 0 Å². The van der Waals surface area contributed by atoms with E-state index in [-0.39, 0.29) is 11.3 Å². The molecule has 6 nitrogen and oxygen atoms in total. The van der Waals surface area contributed by atoms with Gasteiger partial charge in [-0.15, -0.1) is 0 Å². The Balaban J connectivity index is 2.09. The molecule has 2 heterocycles. The summed E-state index contributed by atoms with van der Waals surface area (Å²) in [6.45, 7) is 1.48. The van der Waals surface area contributed by atoms with Crippen LogP contribution in [0.5, 0.6) is 5.75 Å². The molecule has 6 heteroatoms. The van der Waals surface area contributed by atoms with Gasteiger partial charge >= 0.3 is 5.63 Å². The predicted octanol–water partition coefficient (Wildman–Crippen LogP) is 1.87. The number of rotatable bonds is 2. The Morgan fingerprint density at radius 2 is 2.00 bits per heavy atom. The van der Waals surface area contributed by atoms with Crippen molar-refractivity contribution >= 4 is 23.0 Å². The number of hydrogen-bond acceptors (Lipinski definition) is 5. The number of carbonyl (C=O) groups excluding carboxylic acids is 2. The van der Waals surface area contributed by atoms with Gasteiger partial charge in [0.15, 0.2) is 5.78 Å². The number of fused-ring (bicyclic) bond motifs is 1. The van der Waals surface area contributed by atoms with Crippen LogP contribution in [0.25, 0.3) is 5.57 Å². The molecule has 1 aromatic carbocycles. The molecule has 110 valence electrons. The molecule has 1 aromatic heterocycles. The molecule has 0 spiro atoms. The number of allylic oxidation sites excluding steroid dienone is 1. The maximum absolute atomic E-state index is 12.2. The fraction of sp³-hybridized carbons (Fsp3) is 0.0625. The molecular formula is C16H11NO5. The average molecular weight is 297 g/mol. The van der Waals surface area contributed by atoms with Crippen molar-refractivity contribution in [2.24, 2.45) is 0 Å². The number of para-hydroxylation sites is 1. The van der Waals surface area contributed by atoms with Crippen LogP contribution in [0, 0.1) is 6.92 Å². The van der Waals surface area contributed by atoms with E-state index in [4.69, 9.17) is 4.42 Å². The minimum atomic E-state index is -0.939. The van der Waals surface area contributed by atoms with Crippen molar-refractivity contribution in [2.75, 3.05) is 5.32 Å². The number of anilines is 1. The number of amides is 1. The maximum Gasteiger partial charge on any atom is 0.351 e. The van der Waals surface area contributed by atoms with Crippen LogP contribution in [0.4, 0.5) is 5.69 Å². The second-order valence-electron chi connectivity index (χ2n) is 4.83. The molecule has 0 aliphatic carbocycles. The molecule has 2 aromatic rings. The summed E-state index contributed by atoms with van der Waals surface area (Å²) in [6, 6.07) is 8.05. The molecule has 0 saturated carbocycles. The SMILES string of the molecule is Cc1cc(O)c(C(=O)/C=C2\C(=O)Nc3ccccc32)c(=O)o1. The number of ketones is 1. The van der Waals surface area contributed by atoms with Gasteiger partial charge in [-0.2, -0.15) is 0 Å². The maximum atomic E-state index is 12.2. The van der Waals surface area contributed by atoms with Crippen LogP contribution in [0.1, 0.15) is 21.7 Å². The fourth-order valence-electron chi connectivity index (χ4n) is 2.31. The van der Waals surface area contributed by atoms with E-state index < -0.39 is 28.6 Å². The molecule has 0 unspecified atom stereocenters. The minimum absolute atomic E-state index is 0.139. The first-order valence-corrected chi connectivity index (χ1v) is 6.48. The first kappa shape index (κ1) is 13.8. The molecule has 1 amide bonds. The van der Waals surface area contributed by atoms with E-state index in [0.29, 0.717) is 11.3 Å². The summed E-state index contributed by atoms with van der Waals surface area (Å²) >= 11 is 0. The summed E-state index contributed by atoms with van der Waals surface area (Å²) in [5.74, 6) is -1.50. The number of hydrogen-bond donors (Lipinski definition) is 2. The standard InChI is InChI=1S/C16H11NO5/c1-8-6-12(18)14(16(21)22-8)13(19)7-10-9-4-2-3-5-11(9)17-15(10)20/h2-7,18H,1H3,(H,17,20)/b10-7-. The molecule has 3 rings (SSSR count). The number of benzene rings is 1. The summed E-state index contributed by atoms with van der Waals surface area (Å²) in [4.78, 5) is 35.9. The normalized spacial score (nSPS) is 14.8. The third-order valence-corrected chi connectivity index (χ3v) is 3.29. The van der Waals surface area contributed by atoms with Crippen molar-refractivity contribution in [1.29, 1.82) is 0 Å². The van der Waals surface area contributed by atoms with Gasteiger partial charge in [0, 0.05) is 17.3 Å². The Hall–Kier alpha value is -3.15. The Morgan fingerprint density at radius 1 is 1.27 bits per heavy atom. The lowest BCUT2D eigenvalue weighted by atomic mass is 10.0. The first-order chi connectivity index (χ1) is 10.5. The monoisotopic (exact) mass is 297 g/mol. The summed E-state index contributed by atoms with van der Waals surface area (Å²) in [5, 5.41) is 12.4. The van der Waals surface area contributed by atoms with E-state index in [0.717, 1.165) is 6.08 Å². The molecule has 0 radical (unpaired) electrons. The molecule has 22 heavy (non-hydrogen) atoms. The zero-order valence-corrected chi connectivity index (χ0v) is 11.5. The van der Waals surface area contributed by atoms with Gasteiger partial charge < -0.3 is 14.8 Å². The molecule has 0 bridgehead atoms. The van der Waals surface area contributed by atoms with Crippen LogP contribution < -0.4 is 10.9 Å². The van der Waals surface area contributed by atoms with Crippen molar-refractivity contribution in [3.8, 4) is 5.75 Å². The highest BCUT2D eigenvalue weighted by molar-refractivity contribution is 6.35. The van der Waals surface area contributed by atoms with Gasteiger partial charge in [0.25, 0.3) is 5.91 Å². The quantitative estimate of drug-likeness (QED) is 0.651. The Morgan fingerprint density at radius 3 is 2.73 bits per heavy atom. The van der Waals surface area contributed by atoms with E-state index in [2.05, 4.69) is 5.32 Å². The van der Waals surface area contributed by atoms with E-state index in [1.807, 2.05) is 0 Å². The van der Waals surface area contributed by atoms with Crippen molar-refractivity contribution in [1.82, 2.24) is 0 Å². The van der Waals surface area contributed by atoms with Gasteiger partial charge in [0.05, 0.1) is 5.57 Å². The summed E-state index contributed by atoms with van der Waals surface area (Å²) in [7, 11) is 0. The Kier molecular flexibility index (Phi) is 3.14. The second kappa shape index (κ2) is 5.00. The number of nitrogens with one attached hydrogen (secondary N) is 1. The fourth-order valence-corrected chi connectivity index (χ4v) is 2.31. The zero-order chi connectivity index (χ0) is 15.9. The topological polar surface area (TPSA) is 96.6 Å². The number of carbonyl (C=O) groups is 2. The molecule has 0 fully saturated rings. The van der Waals surface area contributed by atoms with Gasteiger partial charge in [-0.05, 0) is 19.1 Å². The van der Waals surface area contributed by atoms with E-state index >= 15 is 0 Å². The average Bonchev–Trinajstić information content (AvgIpc) is 2.74. The Bertz CT molecular complexity index is 892. The first-order valence-electron chi connectivity index (χ1n) is 6.48. The zero-order valence-electron chi connectivity index (χ0n) is 11.5. The van der Waals surface area contributed by atoms with Crippen LogP contribution in [0.15, 0.2) is 45.6 Å². The number of aryl methyl sites for hydroxylation is 1. The summed E-state index contributed by atoms with van der Waals surface area (Å²) in [5.41, 5.74) is -0.134. The molecule has 1 aliphatic rings. The minimum Gasteiger partial charge on any atom is -0.507 e. The molecule has 1 aliphatic heterocycles. The molecule has 0 saturated heterocycles. The van der Waals surface area contributed by atoms with E-state index in [9.17, 15) is 19.5 Å². The van der Waals surface area contributed by atoms with E-state index in [1.54, 1.807) is 24.3 Å². The van der Waals surface area contributed by atoms with Crippen LogP contribution in [-0.4, -0.2) is 16.8 Å². The van der Waals surface area contributed by atoms with Gasteiger partial charge in [-0.1, -0.05) is 18.2 Å². The Labute approximate surface area is 124 Å². The van der Waals surface area contributed by atoms with Crippen LogP contribution in [-0.2, 0) is 4.79 Å². The third-order valence-electron chi connectivity index (χ3n) is 3.29. The smallest absolute Gasteiger partial charge is 0.351 e. The van der Waals surface area contributed by atoms with E-state index in [1.165, 1.54) is 13.0 Å². The van der Waals surface area contributed by atoms with Crippen molar-refractivity contribution in [3.05, 3.63) is 63.7 Å². The lowest BCUT2D eigenvalue weighted by Crippen LogP contribution is -2.14. The van der Waals surface area contributed by atoms with Crippen molar-refractivity contribution in [2.45, 2.75) is 6.92 Å². The van der Waals surface area contributed by atoms with Gasteiger partial charge in [0.1, 0.15) is 17.1 Å². The highest BCUT2D eigenvalue weighted by Crippen LogP contribution is 2.31. The number of aromatic hydroxyl groups is 1. The lowest BCUT2D eigenvalue weighted by molar-refractivity contribution is -0.110. The predicted molar refractivity (Wildman–Crippen MR) is 78.8 cm³/mol. The van der Waals surface area contributed by atoms with Gasteiger partial charge in [-0.25, -0.2) is 4.79 Å². The second-order valence-corrected chi connectivity index (χ2v) is 4.83. The van der Waals surface area contributed by atoms with Gasteiger partial charge in [0.2, 0.25) is 0 Å². The highest BCUT2D eigenvalue weighted by atomic mass is 16.4. The lowest BCUT2D eigenvalue weighted by Gasteiger charge is -2.01. The van der Waals surface area contributed by atoms with Gasteiger partial charge in [-0.3, -0.25) is 9.59 Å².